The number of rotatable bonds is 5. The maximum absolute atomic E-state index is 6.30. The molecule has 0 bridgehead atoms. The molecule has 0 amide bonds. The summed E-state index contributed by atoms with van der Waals surface area (Å²) in [6, 6.07) is 8.09. The van der Waals surface area contributed by atoms with E-state index in [0.29, 0.717) is 6.61 Å². The van der Waals surface area contributed by atoms with Crippen molar-refractivity contribution in [3.8, 4) is 5.75 Å². The highest BCUT2D eigenvalue weighted by atomic mass is 35.5. The molecule has 1 saturated carbocycles. The van der Waals surface area contributed by atoms with E-state index in [2.05, 4.69) is 13.8 Å². The van der Waals surface area contributed by atoms with E-state index in [0.717, 1.165) is 24.2 Å². The molecule has 0 aromatic heterocycles. The van der Waals surface area contributed by atoms with Gasteiger partial charge in [-0.3, -0.25) is 0 Å². The summed E-state index contributed by atoms with van der Waals surface area (Å²) in [6.07, 6.45) is 2.20. The normalized spacial score (nSPS) is 30.9. The first-order valence-electron chi connectivity index (χ1n) is 6.48. The van der Waals surface area contributed by atoms with Gasteiger partial charge in [-0.2, -0.15) is 0 Å². The van der Waals surface area contributed by atoms with E-state index >= 15 is 0 Å². The predicted molar refractivity (Wildman–Crippen MR) is 74.2 cm³/mol. The molecule has 3 heteroatoms. The van der Waals surface area contributed by atoms with Crippen LogP contribution in [0, 0.1) is 5.41 Å². The van der Waals surface area contributed by atoms with E-state index in [9.17, 15) is 0 Å². The number of hydrogen-bond acceptors (Lipinski definition) is 2. The molecule has 2 rings (SSSR count). The van der Waals surface area contributed by atoms with Crippen molar-refractivity contribution in [2.75, 3.05) is 7.11 Å². The molecule has 0 radical (unpaired) electrons. The fraction of sp³-hybridized carbons (Fsp3) is 0.600. The zero-order valence-electron chi connectivity index (χ0n) is 11.3. The van der Waals surface area contributed by atoms with Gasteiger partial charge in [-0.1, -0.05) is 26.0 Å². The van der Waals surface area contributed by atoms with E-state index in [4.69, 9.17) is 21.1 Å². The molecule has 2 nitrogen and oxygen atoms in total. The molecule has 100 valence electrons. The van der Waals surface area contributed by atoms with Crippen molar-refractivity contribution in [1.29, 1.82) is 0 Å². The van der Waals surface area contributed by atoms with Crippen molar-refractivity contribution in [1.82, 2.24) is 0 Å². The van der Waals surface area contributed by atoms with Crippen LogP contribution < -0.4 is 4.74 Å². The van der Waals surface area contributed by atoms with Gasteiger partial charge in [0.2, 0.25) is 0 Å². The third-order valence-corrected chi connectivity index (χ3v) is 4.80. The molecule has 3 atom stereocenters. The van der Waals surface area contributed by atoms with Crippen LogP contribution in [0.5, 0.6) is 5.75 Å². The molecule has 0 N–H and O–H groups in total. The number of alkyl halides is 1. The minimum absolute atomic E-state index is 0.0960. The van der Waals surface area contributed by atoms with Crippen LogP contribution in [0.25, 0.3) is 0 Å². The Bertz CT molecular complexity index is 407. The minimum Gasteiger partial charge on any atom is -0.490 e. The quantitative estimate of drug-likeness (QED) is 0.752. The highest BCUT2D eigenvalue weighted by molar-refractivity contribution is 6.21. The number of halogens is 1. The van der Waals surface area contributed by atoms with Crippen molar-refractivity contribution < 1.29 is 9.47 Å². The Balaban J connectivity index is 2.04. The largest absolute Gasteiger partial charge is 0.490 e. The minimum atomic E-state index is 0.0960. The van der Waals surface area contributed by atoms with Crippen LogP contribution >= 0.6 is 11.6 Å². The Hall–Kier alpha value is -0.730. The van der Waals surface area contributed by atoms with E-state index < -0.39 is 0 Å². The Morgan fingerprint density at radius 2 is 2.22 bits per heavy atom. The SMILES string of the molecule is CCC1(C)C(Cl)CC1Oc1cccc(COC)c1. The summed E-state index contributed by atoms with van der Waals surface area (Å²) in [5.41, 5.74) is 1.23. The lowest BCUT2D eigenvalue weighted by Crippen LogP contribution is -2.55. The van der Waals surface area contributed by atoms with Gasteiger partial charge in [0, 0.05) is 24.3 Å². The third kappa shape index (κ3) is 2.50. The molecule has 18 heavy (non-hydrogen) atoms. The van der Waals surface area contributed by atoms with Crippen LogP contribution in [0.1, 0.15) is 32.3 Å². The molecule has 1 aliphatic carbocycles. The summed E-state index contributed by atoms with van der Waals surface area (Å²) in [6.45, 7) is 5.00. The van der Waals surface area contributed by atoms with Crippen molar-refractivity contribution in [3.63, 3.8) is 0 Å². The summed E-state index contributed by atoms with van der Waals surface area (Å²) in [5, 5.41) is 0.231. The second kappa shape index (κ2) is 5.50. The Kier molecular flexibility index (Phi) is 4.18. The van der Waals surface area contributed by atoms with Crippen LogP contribution in [0.4, 0.5) is 0 Å². The molecule has 3 unspecified atom stereocenters. The first-order chi connectivity index (χ1) is 8.60. The number of ether oxygens (including phenoxy) is 2. The summed E-state index contributed by atoms with van der Waals surface area (Å²) in [7, 11) is 1.70. The number of hydrogen-bond donors (Lipinski definition) is 0. The highest BCUT2D eigenvalue weighted by Crippen LogP contribution is 2.49. The topological polar surface area (TPSA) is 18.5 Å². The van der Waals surface area contributed by atoms with Gasteiger partial charge in [-0.15, -0.1) is 11.6 Å². The van der Waals surface area contributed by atoms with Gasteiger partial charge in [0.1, 0.15) is 11.9 Å². The molecule has 1 fully saturated rings. The van der Waals surface area contributed by atoms with E-state index in [-0.39, 0.29) is 16.9 Å². The predicted octanol–water partition coefficient (Wildman–Crippen LogP) is 4.01. The molecule has 0 spiro atoms. The molecule has 1 aromatic rings. The standard InChI is InChI=1S/C15H21ClO2/c1-4-15(2)13(16)9-14(15)18-12-7-5-6-11(8-12)10-17-3/h5-8,13-14H,4,9-10H2,1-3H3. The smallest absolute Gasteiger partial charge is 0.120 e. The van der Waals surface area contributed by atoms with Gasteiger partial charge < -0.3 is 9.47 Å². The maximum Gasteiger partial charge on any atom is 0.120 e. The van der Waals surface area contributed by atoms with Crippen molar-refractivity contribution in [2.45, 2.75) is 44.8 Å². The average molecular weight is 269 g/mol. The maximum atomic E-state index is 6.30. The molecule has 0 saturated heterocycles. The van der Waals surface area contributed by atoms with Gasteiger partial charge in [-0.25, -0.2) is 0 Å². The van der Waals surface area contributed by atoms with Gasteiger partial charge in [-0.05, 0) is 24.1 Å². The van der Waals surface area contributed by atoms with Gasteiger partial charge in [0.25, 0.3) is 0 Å². The van der Waals surface area contributed by atoms with Gasteiger partial charge in [0.15, 0.2) is 0 Å². The lowest BCUT2D eigenvalue weighted by atomic mass is 9.65. The van der Waals surface area contributed by atoms with Crippen molar-refractivity contribution >= 4 is 11.6 Å². The van der Waals surface area contributed by atoms with Crippen LogP contribution in [-0.4, -0.2) is 18.6 Å². The Labute approximate surface area is 114 Å². The number of methoxy groups -OCH3 is 1. The van der Waals surface area contributed by atoms with Gasteiger partial charge in [0.05, 0.1) is 6.61 Å². The molecule has 0 heterocycles. The lowest BCUT2D eigenvalue weighted by Gasteiger charge is -2.50. The zero-order chi connectivity index (χ0) is 13.2. The van der Waals surface area contributed by atoms with Crippen LogP contribution in [0.15, 0.2) is 24.3 Å². The second-order valence-corrected chi connectivity index (χ2v) is 5.78. The van der Waals surface area contributed by atoms with E-state index in [1.807, 2.05) is 24.3 Å². The lowest BCUT2D eigenvalue weighted by molar-refractivity contribution is -0.0295. The van der Waals surface area contributed by atoms with Crippen LogP contribution in [0.2, 0.25) is 0 Å². The molecule has 0 aliphatic heterocycles. The average Bonchev–Trinajstić information content (AvgIpc) is 2.38. The monoisotopic (exact) mass is 268 g/mol. The molecule has 1 aromatic carbocycles. The fourth-order valence-electron chi connectivity index (χ4n) is 2.44. The van der Waals surface area contributed by atoms with E-state index in [1.165, 1.54) is 0 Å². The van der Waals surface area contributed by atoms with Gasteiger partial charge >= 0.3 is 0 Å². The Morgan fingerprint density at radius 1 is 1.44 bits per heavy atom. The van der Waals surface area contributed by atoms with Crippen molar-refractivity contribution in [3.05, 3.63) is 29.8 Å². The highest BCUT2D eigenvalue weighted by Gasteiger charge is 2.51. The zero-order valence-corrected chi connectivity index (χ0v) is 12.0. The van der Waals surface area contributed by atoms with E-state index in [1.54, 1.807) is 7.11 Å². The summed E-state index contributed by atoms with van der Waals surface area (Å²) in [4.78, 5) is 0. The third-order valence-electron chi connectivity index (χ3n) is 4.12. The number of benzene rings is 1. The molecular weight excluding hydrogens is 248 g/mol. The second-order valence-electron chi connectivity index (χ2n) is 5.25. The Morgan fingerprint density at radius 3 is 2.83 bits per heavy atom. The van der Waals surface area contributed by atoms with Crippen LogP contribution in [-0.2, 0) is 11.3 Å². The fourth-order valence-corrected chi connectivity index (χ4v) is 2.90. The molecular formula is C15H21ClO2. The first-order valence-corrected chi connectivity index (χ1v) is 6.92. The summed E-state index contributed by atoms with van der Waals surface area (Å²) in [5.74, 6) is 0.915. The summed E-state index contributed by atoms with van der Waals surface area (Å²) < 4.78 is 11.2. The molecule has 1 aliphatic rings. The summed E-state index contributed by atoms with van der Waals surface area (Å²) >= 11 is 6.30. The first kappa shape index (κ1) is 13.7. The van der Waals surface area contributed by atoms with Crippen LogP contribution in [0.3, 0.4) is 0 Å². The van der Waals surface area contributed by atoms with Crippen molar-refractivity contribution in [2.24, 2.45) is 5.41 Å².